The summed E-state index contributed by atoms with van der Waals surface area (Å²) in [5.74, 6) is 0.993. The van der Waals surface area contributed by atoms with Gasteiger partial charge in [0.05, 0.1) is 24.6 Å². The van der Waals surface area contributed by atoms with E-state index in [9.17, 15) is 0 Å². The molecule has 126 valence electrons. The first-order chi connectivity index (χ1) is 11.2. The van der Waals surface area contributed by atoms with Gasteiger partial charge in [0.1, 0.15) is 0 Å². The number of nitrogens with zero attached hydrogens (tertiary/aromatic N) is 4. The van der Waals surface area contributed by atoms with Crippen LogP contribution in [0.3, 0.4) is 0 Å². The van der Waals surface area contributed by atoms with Crippen molar-refractivity contribution in [1.82, 2.24) is 15.1 Å². The van der Waals surface area contributed by atoms with E-state index in [1.807, 2.05) is 0 Å². The van der Waals surface area contributed by atoms with Crippen molar-refractivity contribution in [2.24, 2.45) is 4.99 Å². The Bertz CT molecular complexity index is 540. The molecule has 1 aromatic rings. The van der Waals surface area contributed by atoms with E-state index in [1.165, 1.54) is 5.69 Å². The molecule has 0 bridgehead atoms. The van der Waals surface area contributed by atoms with E-state index in [-0.39, 0.29) is 0 Å². The van der Waals surface area contributed by atoms with Crippen molar-refractivity contribution in [3.63, 3.8) is 0 Å². The number of rotatable bonds is 5. The molecule has 0 amide bonds. The summed E-state index contributed by atoms with van der Waals surface area (Å²) in [6, 6.07) is 8.40. The molecule has 1 aromatic carbocycles. The third-order valence-corrected chi connectivity index (χ3v) is 4.24. The number of hydrogen-bond acceptors (Lipinski definition) is 4. The SMILES string of the molecule is CN(C)CCN1CCN/C1=N\c1ccccc1N1CCOCC1. The van der Waals surface area contributed by atoms with Gasteiger partial charge in [0.15, 0.2) is 5.96 Å². The maximum absolute atomic E-state index is 5.46. The van der Waals surface area contributed by atoms with Gasteiger partial charge in [-0.2, -0.15) is 0 Å². The number of ether oxygens (including phenoxy) is 1. The molecule has 2 heterocycles. The molecular formula is C17H27N5O. The molecule has 0 saturated carbocycles. The van der Waals surface area contributed by atoms with Crippen molar-refractivity contribution in [1.29, 1.82) is 0 Å². The standard InChI is InChI=1S/C17H27N5O/c1-20(2)9-10-22-8-7-18-17(22)19-15-5-3-4-6-16(15)21-11-13-23-14-12-21/h3-6H,7-14H2,1-2H3,(H,18,19). The van der Waals surface area contributed by atoms with Crippen LogP contribution in [0, 0.1) is 0 Å². The Hall–Kier alpha value is -1.79. The highest BCUT2D eigenvalue weighted by Crippen LogP contribution is 2.29. The largest absolute Gasteiger partial charge is 0.378 e. The Kier molecular flexibility index (Phi) is 5.35. The maximum Gasteiger partial charge on any atom is 0.199 e. The van der Waals surface area contributed by atoms with Gasteiger partial charge in [0.2, 0.25) is 0 Å². The maximum atomic E-state index is 5.46. The van der Waals surface area contributed by atoms with Crippen molar-refractivity contribution in [3.05, 3.63) is 24.3 Å². The zero-order valence-corrected chi connectivity index (χ0v) is 14.2. The highest BCUT2D eigenvalue weighted by atomic mass is 16.5. The van der Waals surface area contributed by atoms with Crippen LogP contribution < -0.4 is 10.2 Å². The van der Waals surface area contributed by atoms with Gasteiger partial charge >= 0.3 is 0 Å². The van der Waals surface area contributed by atoms with Crippen LogP contribution >= 0.6 is 0 Å². The zero-order valence-electron chi connectivity index (χ0n) is 14.2. The predicted octanol–water partition coefficient (Wildman–Crippen LogP) is 0.978. The molecule has 2 aliphatic heterocycles. The summed E-state index contributed by atoms with van der Waals surface area (Å²) in [6.45, 7) is 7.46. The number of aliphatic imine (C=N–C) groups is 1. The smallest absolute Gasteiger partial charge is 0.199 e. The van der Waals surface area contributed by atoms with Crippen LogP contribution in [-0.4, -0.2) is 82.3 Å². The summed E-state index contributed by atoms with van der Waals surface area (Å²) in [5.41, 5.74) is 2.23. The quantitative estimate of drug-likeness (QED) is 0.877. The fourth-order valence-corrected chi connectivity index (χ4v) is 2.91. The summed E-state index contributed by atoms with van der Waals surface area (Å²) in [7, 11) is 4.21. The van der Waals surface area contributed by atoms with Crippen LogP contribution in [0.25, 0.3) is 0 Å². The molecule has 23 heavy (non-hydrogen) atoms. The number of likely N-dealkylation sites (N-methyl/N-ethyl adjacent to an activating group) is 1. The molecule has 3 rings (SSSR count). The molecular weight excluding hydrogens is 290 g/mol. The fourth-order valence-electron chi connectivity index (χ4n) is 2.91. The van der Waals surface area contributed by atoms with Crippen LogP contribution in [0.1, 0.15) is 0 Å². The first-order valence-corrected chi connectivity index (χ1v) is 8.38. The monoisotopic (exact) mass is 317 g/mol. The summed E-state index contributed by atoms with van der Waals surface area (Å²) in [4.78, 5) is 11.8. The van der Waals surface area contributed by atoms with Crippen LogP contribution in [0.5, 0.6) is 0 Å². The Morgan fingerprint density at radius 3 is 2.74 bits per heavy atom. The Morgan fingerprint density at radius 2 is 1.96 bits per heavy atom. The van der Waals surface area contributed by atoms with E-state index in [1.54, 1.807) is 0 Å². The van der Waals surface area contributed by atoms with Gasteiger partial charge < -0.3 is 24.8 Å². The van der Waals surface area contributed by atoms with Crippen molar-refractivity contribution in [2.45, 2.75) is 0 Å². The Morgan fingerprint density at radius 1 is 1.17 bits per heavy atom. The molecule has 0 unspecified atom stereocenters. The lowest BCUT2D eigenvalue weighted by Gasteiger charge is -2.30. The molecule has 0 aromatic heterocycles. The molecule has 6 nitrogen and oxygen atoms in total. The Labute approximate surface area is 138 Å². The minimum atomic E-state index is 0.790. The Balaban J connectivity index is 1.78. The average molecular weight is 317 g/mol. The second kappa shape index (κ2) is 7.66. The number of guanidine groups is 1. The number of hydrogen-bond donors (Lipinski definition) is 1. The van der Waals surface area contributed by atoms with Gasteiger partial charge in [-0.1, -0.05) is 12.1 Å². The van der Waals surface area contributed by atoms with Crippen LogP contribution in [0.4, 0.5) is 11.4 Å². The van der Waals surface area contributed by atoms with Gasteiger partial charge in [-0.3, -0.25) is 0 Å². The number of para-hydroxylation sites is 2. The van der Waals surface area contributed by atoms with E-state index in [4.69, 9.17) is 9.73 Å². The van der Waals surface area contributed by atoms with E-state index in [0.717, 1.165) is 64.1 Å². The lowest BCUT2D eigenvalue weighted by Crippen LogP contribution is -2.37. The molecule has 2 fully saturated rings. The summed E-state index contributed by atoms with van der Waals surface area (Å²) >= 11 is 0. The first kappa shape index (κ1) is 16.1. The van der Waals surface area contributed by atoms with Crippen molar-refractivity contribution >= 4 is 17.3 Å². The van der Waals surface area contributed by atoms with Crippen molar-refractivity contribution in [3.8, 4) is 0 Å². The van der Waals surface area contributed by atoms with Gasteiger partial charge in [-0.25, -0.2) is 4.99 Å². The minimum absolute atomic E-state index is 0.790. The topological polar surface area (TPSA) is 43.3 Å². The van der Waals surface area contributed by atoms with Crippen molar-refractivity contribution in [2.75, 3.05) is 71.5 Å². The molecule has 0 spiro atoms. The van der Waals surface area contributed by atoms with Crippen LogP contribution in [0.2, 0.25) is 0 Å². The van der Waals surface area contributed by atoms with E-state index < -0.39 is 0 Å². The summed E-state index contributed by atoms with van der Waals surface area (Å²) in [5, 5.41) is 3.42. The lowest BCUT2D eigenvalue weighted by molar-refractivity contribution is 0.123. The molecule has 6 heteroatoms. The van der Waals surface area contributed by atoms with Crippen LogP contribution in [-0.2, 0) is 4.74 Å². The highest BCUT2D eigenvalue weighted by Gasteiger charge is 2.19. The predicted molar refractivity (Wildman–Crippen MR) is 94.7 cm³/mol. The average Bonchev–Trinajstić information content (AvgIpc) is 3.01. The summed E-state index contributed by atoms with van der Waals surface area (Å²) < 4.78 is 5.46. The fraction of sp³-hybridized carbons (Fsp3) is 0.588. The van der Waals surface area contributed by atoms with Crippen LogP contribution in [0.15, 0.2) is 29.3 Å². The minimum Gasteiger partial charge on any atom is -0.378 e. The number of morpholine rings is 1. The highest BCUT2D eigenvalue weighted by molar-refractivity contribution is 5.86. The van der Waals surface area contributed by atoms with Gasteiger partial charge in [-0.15, -0.1) is 0 Å². The molecule has 1 N–H and O–H groups in total. The first-order valence-electron chi connectivity index (χ1n) is 8.38. The second-order valence-corrected chi connectivity index (χ2v) is 6.24. The van der Waals surface area contributed by atoms with Gasteiger partial charge in [-0.05, 0) is 26.2 Å². The van der Waals surface area contributed by atoms with E-state index >= 15 is 0 Å². The second-order valence-electron chi connectivity index (χ2n) is 6.24. The van der Waals surface area contributed by atoms with E-state index in [2.05, 4.69) is 58.4 Å². The molecule has 2 saturated heterocycles. The zero-order chi connectivity index (χ0) is 16.1. The lowest BCUT2D eigenvalue weighted by atomic mass is 10.2. The normalized spacial score (nSPS) is 20.4. The van der Waals surface area contributed by atoms with Gasteiger partial charge in [0, 0.05) is 39.3 Å². The molecule has 0 atom stereocenters. The third-order valence-electron chi connectivity index (χ3n) is 4.24. The molecule has 0 aliphatic carbocycles. The van der Waals surface area contributed by atoms with Gasteiger partial charge in [0.25, 0.3) is 0 Å². The number of benzene rings is 1. The molecule has 2 aliphatic rings. The number of anilines is 1. The van der Waals surface area contributed by atoms with E-state index in [0.29, 0.717) is 0 Å². The number of nitrogens with one attached hydrogen (secondary N) is 1. The summed E-state index contributed by atoms with van der Waals surface area (Å²) in [6.07, 6.45) is 0. The third kappa shape index (κ3) is 4.14. The molecule has 0 radical (unpaired) electrons. The van der Waals surface area contributed by atoms with Crippen molar-refractivity contribution < 1.29 is 4.74 Å².